The summed E-state index contributed by atoms with van der Waals surface area (Å²) in [5, 5.41) is 7.40. The first-order chi connectivity index (χ1) is 13.2. The Hall–Kier alpha value is -2.65. The minimum atomic E-state index is -0.125. The highest BCUT2D eigenvalue weighted by atomic mass is 32.1. The van der Waals surface area contributed by atoms with Gasteiger partial charge in [-0.25, -0.2) is 0 Å². The fourth-order valence-corrected chi connectivity index (χ4v) is 3.81. The van der Waals surface area contributed by atoms with E-state index in [2.05, 4.69) is 78.2 Å². The summed E-state index contributed by atoms with van der Waals surface area (Å²) in [4.78, 5) is 0. The van der Waals surface area contributed by atoms with Crippen molar-refractivity contribution in [3.05, 3.63) is 102 Å². The van der Waals surface area contributed by atoms with Gasteiger partial charge in [0.1, 0.15) is 0 Å². The lowest BCUT2D eigenvalue weighted by atomic mass is 9.71. The lowest BCUT2D eigenvalue weighted by Gasteiger charge is -2.36. The van der Waals surface area contributed by atoms with Crippen molar-refractivity contribution < 1.29 is 0 Å². The molecule has 3 aromatic rings. The zero-order valence-corrected chi connectivity index (χ0v) is 16.5. The maximum absolute atomic E-state index is 5.57. The SMILES string of the molecule is CCCC(CNC(=S)Nc1ccccc1)(c1ccccc1)c1ccccc1. The highest BCUT2D eigenvalue weighted by Gasteiger charge is 2.33. The fraction of sp³-hybridized carbons (Fsp3) is 0.208. The number of nitrogens with one attached hydrogen (secondary N) is 2. The van der Waals surface area contributed by atoms with Crippen molar-refractivity contribution in [1.82, 2.24) is 5.32 Å². The second-order valence-corrected chi connectivity index (χ2v) is 7.15. The van der Waals surface area contributed by atoms with E-state index in [1.54, 1.807) is 0 Å². The van der Waals surface area contributed by atoms with Gasteiger partial charge in [0.15, 0.2) is 5.11 Å². The van der Waals surface area contributed by atoms with Crippen LogP contribution in [0, 0.1) is 0 Å². The van der Waals surface area contributed by atoms with Crippen LogP contribution < -0.4 is 10.6 Å². The van der Waals surface area contributed by atoms with Crippen LogP contribution in [0.3, 0.4) is 0 Å². The van der Waals surface area contributed by atoms with Crippen LogP contribution in [0.15, 0.2) is 91.0 Å². The van der Waals surface area contributed by atoms with Gasteiger partial charge < -0.3 is 10.6 Å². The molecule has 0 saturated heterocycles. The molecule has 3 rings (SSSR count). The van der Waals surface area contributed by atoms with Crippen molar-refractivity contribution in [1.29, 1.82) is 0 Å². The molecule has 0 radical (unpaired) electrons. The van der Waals surface area contributed by atoms with Crippen molar-refractivity contribution in [3.8, 4) is 0 Å². The highest BCUT2D eigenvalue weighted by Crippen LogP contribution is 2.36. The molecule has 0 aliphatic carbocycles. The van der Waals surface area contributed by atoms with E-state index in [0.717, 1.165) is 25.1 Å². The zero-order valence-electron chi connectivity index (χ0n) is 15.7. The first-order valence-corrected chi connectivity index (χ1v) is 9.86. The van der Waals surface area contributed by atoms with Crippen molar-refractivity contribution in [2.24, 2.45) is 0 Å². The van der Waals surface area contributed by atoms with E-state index >= 15 is 0 Å². The molecule has 0 saturated carbocycles. The molecule has 2 nitrogen and oxygen atoms in total. The van der Waals surface area contributed by atoms with E-state index in [0.29, 0.717) is 5.11 Å². The van der Waals surface area contributed by atoms with Crippen LogP contribution in [-0.4, -0.2) is 11.7 Å². The Morgan fingerprint density at radius 2 is 1.26 bits per heavy atom. The van der Waals surface area contributed by atoms with Crippen LogP contribution in [0.2, 0.25) is 0 Å². The second kappa shape index (κ2) is 9.33. The van der Waals surface area contributed by atoms with Gasteiger partial charge in [0, 0.05) is 17.6 Å². The fourth-order valence-electron chi connectivity index (χ4n) is 3.62. The third-order valence-electron chi connectivity index (χ3n) is 4.91. The van der Waals surface area contributed by atoms with Crippen molar-refractivity contribution in [2.45, 2.75) is 25.2 Å². The summed E-state index contributed by atoms with van der Waals surface area (Å²) in [5.41, 5.74) is 3.50. The molecule has 0 atom stereocenters. The summed E-state index contributed by atoms with van der Waals surface area (Å²) in [6.07, 6.45) is 2.13. The average molecular weight is 375 g/mol. The Morgan fingerprint density at radius 1 is 0.778 bits per heavy atom. The van der Waals surface area contributed by atoms with Crippen LogP contribution in [-0.2, 0) is 5.41 Å². The van der Waals surface area contributed by atoms with Gasteiger partial charge in [0.05, 0.1) is 0 Å². The van der Waals surface area contributed by atoms with Gasteiger partial charge in [0.25, 0.3) is 0 Å². The van der Waals surface area contributed by atoms with Crippen LogP contribution >= 0.6 is 12.2 Å². The van der Waals surface area contributed by atoms with Gasteiger partial charge in [-0.15, -0.1) is 0 Å². The highest BCUT2D eigenvalue weighted by molar-refractivity contribution is 7.80. The Balaban J connectivity index is 1.86. The minimum Gasteiger partial charge on any atom is -0.361 e. The van der Waals surface area contributed by atoms with Gasteiger partial charge in [-0.3, -0.25) is 0 Å². The van der Waals surface area contributed by atoms with Gasteiger partial charge in [0.2, 0.25) is 0 Å². The van der Waals surface area contributed by atoms with E-state index < -0.39 is 0 Å². The minimum absolute atomic E-state index is 0.125. The summed E-state index contributed by atoms with van der Waals surface area (Å²) >= 11 is 5.57. The van der Waals surface area contributed by atoms with Gasteiger partial charge >= 0.3 is 0 Å². The van der Waals surface area contributed by atoms with Crippen molar-refractivity contribution in [3.63, 3.8) is 0 Å². The van der Waals surface area contributed by atoms with E-state index in [1.807, 2.05) is 30.3 Å². The van der Waals surface area contributed by atoms with Crippen LogP contribution in [0.25, 0.3) is 0 Å². The van der Waals surface area contributed by atoms with Crippen LogP contribution in [0.1, 0.15) is 30.9 Å². The molecule has 3 heteroatoms. The molecule has 0 amide bonds. The molecular formula is C24H26N2S. The lowest BCUT2D eigenvalue weighted by molar-refractivity contribution is 0.459. The summed E-state index contributed by atoms with van der Waals surface area (Å²) in [6, 6.07) is 31.5. The van der Waals surface area contributed by atoms with E-state index in [-0.39, 0.29) is 5.41 Å². The number of rotatable bonds is 7. The van der Waals surface area contributed by atoms with Gasteiger partial charge in [-0.1, -0.05) is 92.2 Å². The van der Waals surface area contributed by atoms with Crippen LogP contribution in [0.5, 0.6) is 0 Å². The molecule has 0 aliphatic heterocycles. The first-order valence-electron chi connectivity index (χ1n) is 9.45. The monoisotopic (exact) mass is 374 g/mol. The summed E-state index contributed by atoms with van der Waals surface area (Å²) in [6.45, 7) is 2.98. The number of para-hydroxylation sites is 1. The smallest absolute Gasteiger partial charge is 0.170 e. The summed E-state index contributed by atoms with van der Waals surface area (Å²) in [5.74, 6) is 0. The maximum Gasteiger partial charge on any atom is 0.170 e. The Bertz CT molecular complexity index is 793. The third kappa shape index (κ3) is 4.75. The average Bonchev–Trinajstić information content (AvgIpc) is 2.73. The molecule has 0 aliphatic rings. The number of hydrogen-bond donors (Lipinski definition) is 2. The molecule has 0 fully saturated rings. The summed E-state index contributed by atoms with van der Waals surface area (Å²) < 4.78 is 0. The Morgan fingerprint density at radius 3 is 1.74 bits per heavy atom. The Kier molecular flexibility index (Phi) is 6.61. The molecule has 138 valence electrons. The normalized spacial score (nSPS) is 11.0. The van der Waals surface area contributed by atoms with Crippen molar-refractivity contribution in [2.75, 3.05) is 11.9 Å². The first kappa shape index (κ1) is 19.1. The van der Waals surface area contributed by atoms with E-state index in [9.17, 15) is 0 Å². The number of thiocarbonyl (C=S) groups is 1. The third-order valence-corrected chi connectivity index (χ3v) is 5.16. The molecule has 0 heterocycles. The largest absolute Gasteiger partial charge is 0.361 e. The molecule has 0 aromatic heterocycles. The van der Waals surface area contributed by atoms with Crippen LogP contribution in [0.4, 0.5) is 5.69 Å². The molecular weight excluding hydrogens is 348 g/mol. The predicted molar refractivity (Wildman–Crippen MR) is 119 cm³/mol. The topological polar surface area (TPSA) is 24.1 Å². The van der Waals surface area contributed by atoms with Gasteiger partial charge in [-0.2, -0.15) is 0 Å². The zero-order chi connectivity index (χ0) is 19.0. The molecule has 2 N–H and O–H groups in total. The van der Waals surface area contributed by atoms with Gasteiger partial charge in [-0.05, 0) is 41.9 Å². The molecule has 0 unspecified atom stereocenters. The number of benzene rings is 3. The Labute approximate surface area is 167 Å². The van der Waals surface area contributed by atoms with E-state index in [4.69, 9.17) is 12.2 Å². The molecule has 0 bridgehead atoms. The molecule has 27 heavy (non-hydrogen) atoms. The molecule has 3 aromatic carbocycles. The van der Waals surface area contributed by atoms with E-state index in [1.165, 1.54) is 11.1 Å². The number of anilines is 1. The molecule has 0 spiro atoms. The number of hydrogen-bond acceptors (Lipinski definition) is 1. The summed E-state index contributed by atoms with van der Waals surface area (Å²) in [7, 11) is 0. The quantitative estimate of drug-likeness (QED) is 0.514. The van der Waals surface area contributed by atoms with Crippen molar-refractivity contribution >= 4 is 23.0 Å². The maximum atomic E-state index is 5.57. The standard InChI is InChI=1S/C24H26N2S/c1-2-18-24(20-12-6-3-7-13-20,21-14-8-4-9-15-21)19-25-23(27)26-22-16-10-5-11-17-22/h3-17H,2,18-19H2,1H3,(H2,25,26,27). The second-order valence-electron chi connectivity index (χ2n) is 6.74. The lowest BCUT2D eigenvalue weighted by Crippen LogP contribution is -2.43. The predicted octanol–water partition coefficient (Wildman–Crippen LogP) is 5.76.